The molecule has 0 saturated heterocycles. The number of amides is 2. The molecule has 6 N–H and O–H groups in total. The summed E-state index contributed by atoms with van der Waals surface area (Å²) in [6.45, 7) is 0.308. The molecule has 0 aliphatic rings. The second-order valence-corrected chi connectivity index (χ2v) is 16.4. The molecule has 72 heavy (non-hydrogen) atoms. The van der Waals surface area contributed by atoms with Crippen LogP contribution in [0.1, 0.15) is 15.4 Å². The fraction of sp³-hybridized carbons (Fsp3) is 0.0200. The van der Waals surface area contributed by atoms with Crippen LogP contribution in [0.2, 0.25) is 10.0 Å². The molecule has 4 aromatic carbocycles. The largest absolute Gasteiger partial charge is 0.486 e. The Balaban J connectivity index is 0.000000194. The van der Waals surface area contributed by atoms with Crippen molar-refractivity contribution in [1.82, 2.24) is 34.9 Å². The summed E-state index contributed by atoms with van der Waals surface area (Å²) in [7, 11) is 0. The minimum absolute atomic E-state index is 0.00871. The summed E-state index contributed by atoms with van der Waals surface area (Å²) in [6, 6.07) is 38.0. The molecule has 360 valence electrons. The maximum absolute atomic E-state index is 13.4. The normalized spacial score (nSPS) is 10.6. The van der Waals surface area contributed by atoms with E-state index >= 15 is 0 Å². The quantitative estimate of drug-likeness (QED) is 0.0369. The Morgan fingerprint density at radius 2 is 1.14 bits per heavy atom. The number of benzene rings is 4. The minimum atomic E-state index is -0.661. The highest BCUT2D eigenvalue weighted by atomic mass is 35.5. The average Bonchev–Trinajstić information content (AvgIpc) is 3.82. The molecule has 0 aliphatic heterocycles. The first-order chi connectivity index (χ1) is 35.1. The van der Waals surface area contributed by atoms with Gasteiger partial charge in [0.15, 0.2) is 0 Å². The van der Waals surface area contributed by atoms with Crippen molar-refractivity contribution in [3.63, 3.8) is 0 Å². The topological polar surface area (TPSA) is 215 Å². The van der Waals surface area contributed by atoms with Crippen molar-refractivity contribution in [2.75, 3.05) is 31.9 Å². The smallest absolute Gasteiger partial charge is 0.269 e. The molecule has 0 bridgehead atoms. The summed E-state index contributed by atoms with van der Waals surface area (Å²) in [5, 5.41) is 17.8. The Morgan fingerprint density at radius 1 is 0.569 bits per heavy atom. The average molecular weight is 1020 g/mol. The van der Waals surface area contributed by atoms with Gasteiger partial charge in [-0.2, -0.15) is 4.39 Å². The molecule has 0 spiro atoms. The first-order valence-electron chi connectivity index (χ1n) is 21.2. The van der Waals surface area contributed by atoms with E-state index in [0.717, 1.165) is 5.69 Å². The summed E-state index contributed by atoms with van der Waals surface area (Å²) in [5.41, 5.74) is 4.58. The molecule has 9 rings (SSSR count). The summed E-state index contributed by atoms with van der Waals surface area (Å²) in [4.78, 5) is 53.2. The van der Waals surface area contributed by atoms with Crippen LogP contribution in [-0.4, -0.2) is 46.7 Å². The lowest BCUT2D eigenvalue weighted by Crippen LogP contribution is -2.10. The van der Waals surface area contributed by atoms with E-state index in [1.807, 2.05) is 36.4 Å². The van der Waals surface area contributed by atoms with Crippen molar-refractivity contribution in [3.05, 3.63) is 209 Å². The minimum Gasteiger partial charge on any atom is -0.486 e. The standard InChI is InChI=1S/C26H19ClFN7O2S.C24H18ClFN6O2/c27-20-11-18(7-8-21(20)37-14-19-4-1-2-9-29-19)34-24-12-23(31-15-32-24)33-16-5-3-6-17(10-16)35-25(36)22-13-30-26(28)38-22;25-19-13-18(7-8-20(19)26)31-22-14-21(28-15-29-22)30-16-4-3-5-17(12-16)32-23(33)9-11-34-24-6-1-2-10-27-24/h1-13,15H,14H2,(H,35,36)(H2,31,32,33,34);1-15H,(H,32,33)(H2,28,29,30,31)/b;11-9+. The van der Waals surface area contributed by atoms with Crippen molar-refractivity contribution in [2.24, 2.45) is 0 Å². The third-order valence-corrected chi connectivity index (χ3v) is 10.7. The van der Waals surface area contributed by atoms with E-state index in [9.17, 15) is 18.4 Å². The van der Waals surface area contributed by atoms with E-state index in [1.54, 1.807) is 97.3 Å². The Hall–Kier alpha value is -9.11. The molecule has 17 nitrogen and oxygen atoms in total. The summed E-state index contributed by atoms with van der Waals surface area (Å²) in [6.07, 6.45) is 9.83. The number of anilines is 10. The highest BCUT2D eigenvalue weighted by Crippen LogP contribution is 2.31. The van der Waals surface area contributed by atoms with Crippen LogP contribution in [-0.2, 0) is 11.4 Å². The third kappa shape index (κ3) is 14.9. The van der Waals surface area contributed by atoms with Crippen molar-refractivity contribution < 1.29 is 27.8 Å². The summed E-state index contributed by atoms with van der Waals surface area (Å²) in [5.74, 6) is 1.69. The van der Waals surface area contributed by atoms with Gasteiger partial charge in [0.1, 0.15) is 59.0 Å². The zero-order valence-corrected chi connectivity index (χ0v) is 39.5. The van der Waals surface area contributed by atoms with Crippen LogP contribution >= 0.6 is 34.5 Å². The Morgan fingerprint density at radius 3 is 1.69 bits per heavy atom. The van der Waals surface area contributed by atoms with E-state index in [2.05, 4.69) is 66.8 Å². The van der Waals surface area contributed by atoms with Crippen LogP contribution in [0.3, 0.4) is 0 Å². The van der Waals surface area contributed by atoms with Crippen LogP contribution < -0.4 is 41.4 Å². The number of ether oxygens (including phenoxy) is 2. The maximum Gasteiger partial charge on any atom is 0.269 e. The number of halogens is 4. The molecule has 0 fully saturated rings. The number of nitrogens with zero attached hydrogens (tertiary/aromatic N) is 7. The van der Waals surface area contributed by atoms with E-state index < -0.39 is 17.0 Å². The number of rotatable bonds is 17. The predicted octanol–water partition coefficient (Wildman–Crippen LogP) is 12.1. The van der Waals surface area contributed by atoms with Crippen LogP contribution in [0.25, 0.3) is 0 Å². The Kier molecular flexibility index (Phi) is 16.7. The lowest BCUT2D eigenvalue weighted by atomic mass is 10.2. The van der Waals surface area contributed by atoms with E-state index in [1.165, 1.54) is 43.3 Å². The highest BCUT2D eigenvalue weighted by molar-refractivity contribution is 7.12. The van der Waals surface area contributed by atoms with Gasteiger partial charge >= 0.3 is 0 Å². The van der Waals surface area contributed by atoms with Gasteiger partial charge in [0.25, 0.3) is 17.1 Å². The zero-order chi connectivity index (χ0) is 50.1. The molecule has 0 atom stereocenters. The van der Waals surface area contributed by atoms with E-state index in [4.69, 9.17) is 32.7 Å². The molecule has 9 aromatic rings. The predicted molar refractivity (Wildman–Crippen MR) is 274 cm³/mol. The van der Waals surface area contributed by atoms with Crippen molar-refractivity contribution in [1.29, 1.82) is 0 Å². The molecular formula is C50H37Cl2F2N13O4S. The van der Waals surface area contributed by atoms with Gasteiger partial charge in [-0.25, -0.2) is 34.3 Å². The molecule has 5 heterocycles. The van der Waals surface area contributed by atoms with Gasteiger partial charge in [-0.1, -0.05) is 58.8 Å². The van der Waals surface area contributed by atoms with Gasteiger partial charge in [0.05, 0.1) is 28.2 Å². The third-order valence-electron chi connectivity index (χ3n) is 9.37. The number of carbonyl (C=O) groups excluding carboxylic acids is 2. The number of hydrogen-bond acceptors (Lipinski definition) is 16. The van der Waals surface area contributed by atoms with Crippen LogP contribution in [0.4, 0.5) is 66.2 Å². The van der Waals surface area contributed by atoms with E-state index in [0.29, 0.717) is 92.0 Å². The monoisotopic (exact) mass is 1020 g/mol. The lowest BCUT2D eigenvalue weighted by Gasteiger charge is -2.12. The van der Waals surface area contributed by atoms with Crippen LogP contribution in [0.5, 0.6) is 11.6 Å². The fourth-order valence-electron chi connectivity index (χ4n) is 6.15. The second kappa shape index (κ2) is 24.4. The number of nitrogens with one attached hydrogen (secondary N) is 6. The molecule has 0 unspecified atom stereocenters. The number of carbonyl (C=O) groups is 2. The zero-order valence-electron chi connectivity index (χ0n) is 37.1. The maximum atomic E-state index is 13.4. The van der Waals surface area contributed by atoms with E-state index in [-0.39, 0.29) is 15.8 Å². The van der Waals surface area contributed by atoms with Gasteiger partial charge in [-0.15, -0.1) is 0 Å². The van der Waals surface area contributed by atoms with Gasteiger partial charge in [0.2, 0.25) is 5.88 Å². The lowest BCUT2D eigenvalue weighted by molar-refractivity contribution is -0.112. The molecular weight excluding hydrogens is 988 g/mol. The van der Waals surface area contributed by atoms with Crippen LogP contribution in [0.15, 0.2) is 177 Å². The Bertz CT molecular complexity index is 3330. The number of aromatic nitrogens is 7. The molecule has 0 aliphatic carbocycles. The summed E-state index contributed by atoms with van der Waals surface area (Å²) >= 11 is 12.9. The number of pyridine rings is 2. The van der Waals surface area contributed by atoms with Gasteiger partial charge in [-0.3, -0.25) is 14.6 Å². The molecule has 2 amide bonds. The highest BCUT2D eigenvalue weighted by Gasteiger charge is 2.12. The van der Waals surface area contributed by atoms with Crippen LogP contribution in [0, 0.1) is 11.1 Å². The molecule has 0 radical (unpaired) electrons. The fourth-order valence-corrected chi connectivity index (χ4v) is 7.10. The Labute approximate surface area is 423 Å². The number of hydrogen-bond donors (Lipinski definition) is 6. The first-order valence-corrected chi connectivity index (χ1v) is 22.8. The molecule has 22 heteroatoms. The van der Waals surface area contributed by atoms with Crippen molar-refractivity contribution in [2.45, 2.75) is 6.61 Å². The first kappa shape index (κ1) is 49.3. The van der Waals surface area contributed by atoms with Crippen molar-refractivity contribution >= 4 is 104 Å². The SMILES string of the molecule is O=C(/C=C/Oc1ccccn1)Nc1cccc(Nc2cc(Nc3ccc(F)c(Cl)c3)ncn2)c1.O=C(Nc1cccc(Nc2cc(Nc3ccc(OCc4ccccn4)c(Cl)c3)ncn2)c1)c1cnc(F)s1. The van der Waals surface area contributed by atoms with Crippen molar-refractivity contribution in [3.8, 4) is 11.6 Å². The van der Waals surface area contributed by atoms with Gasteiger partial charge < -0.3 is 41.4 Å². The number of thiazole rings is 1. The summed E-state index contributed by atoms with van der Waals surface area (Å²) < 4.78 is 37.5. The molecule has 5 aromatic heterocycles. The second-order valence-electron chi connectivity index (χ2n) is 14.6. The van der Waals surface area contributed by atoms with Gasteiger partial charge in [-0.05, 0) is 91.0 Å². The molecule has 0 saturated carbocycles. The van der Waals surface area contributed by atoms with Gasteiger partial charge in [0, 0.05) is 70.8 Å².